The fourth-order valence-corrected chi connectivity index (χ4v) is 25.7. The minimum absolute atomic E-state index is 0.0682. The highest BCUT2D eigenvalue weighted by atomic mass is 32.2. The summed E-state index contributed by atoms with van der Waals surface area (Å²) in [6, 6.07) is 79.3. The van der Waals surface area contributed by atoms with Crippen LogP contribution in [0.25, 0.3) is 0 Å². The molecule has 30 heteroatoms. The lowest BCUT2D eigenvalue weighted by Gasteiger charge is -2.31. The van der Waals surface area contributed by atoms with Crippen LogP contribution in [0.2, 0.25) is 0 Å². The van der Waals surface area contributed by atoms with Crippen LogP contribution in [0.1, 0.15) is 250 Å². The Bertz CT molecular complexity index is 4670. The van der Waals surface area contributed by atoms with Gasteiger partial charge in [-0.2, -0.15) is 0 Å². The molecular weight excluding hydrogens is 1990 g/mol. The zero-order chi connectivity index (χ0) is 107. The molecule has 7 aromatic rings. The van der Waals surface area contributed by atoms with Crippen LogP contribution in [0.15, 0.2) is 212 Å². The minimum Gasteiger partial charge on any atom is -0.469 e. The second kappa shape index (κ2) is 60.3. The van der Waals surface area contributed by atoms with Crippen molar-refractivity contribution in [3.63, 3.8) is 0 Å². The van der Waals surface area contributed by atoms with E-state index in [0.717, 1.165) is 61.5 Å². The zero-order valence-electron chi connectivity index (χ0n) is 90.7. The molecule has 145 heavy (non-hydrogen) atoms. The monoisotopic (exact) mass is 2150 g/mol. The third-order valence-corrected chi connectivity index (χ3v) is 32.0. The van der Waals surface area contributed by atoms with Gasteiger partial charge in [-0.3, -0.25) is 19.6 Å². The molecule has 794 valence electrons. The molecule has 10 heterocycles. The number of thiocarbonyl (C=S) groups is 6. The maximum Gasteiger partial charge on any atom is 0.411 e. The van der Waals surface area contributed by atoms with Crippen LogP contribution in [-0.2, 0) is 52.4 Å². The summed E-state index contributed by atoms with van der Waals surface area (Å²) in [5.41, 5.74) is 8.83. The van der Waals surface area contributed by atoms with Crippen molar-refractivity contribution in [1.29, 1.82) is 0 Å². The SMILES string of the molecule is CC(C)N1C(=O)OC[C@@H]1Cc1ccccc1.CC(C)N1C(=O)OC[C@@H]1c1ccccc1.CC(C)N1C(=O)O[C@H](c2ccccc2)[C@@H]1C.CC(C)N1C(=S)OC[C@@H]1Cc1ccccc1.CC(C)N1C(=S)OC[C@@H]1c1ccccc1.CC(C)N1C(=S)SC[C@@H]1Cc1ccccc1.CC(C)N1C(=S)SC[C@@H]1c1ccccc1.CC(C)[C@H]1COC(=O)N1C(C)C.CC(C)[C@H]1COC(=S)N1C(C)C.CC(C)[C@H]1CSC(=S)N1C(C)C. The van der Waals surface area contributed by atoms with Crippen molar-refractivity contribution in [2.75, 3.05) is 56.9 Å². The Balaban J connectivity index is 0.000000197. The van der Waals surface area contributed by atoms with E-state index in [4.69, 9.17) is 106 Å². The van der Waals surface area contributed by atoms with Crippen LogP contribution >= 0.6 is 109 Å². The first-order valence-electron chi connectivity index (χ1n) is 51.7. The number of rotatable bonds is 23. The molecule has 17 rings (SSSR count). The molecule has 0 N–H and O–H groups in total. The molecule has 0 spiro atoms. The Hall–Kier alpha value is -8.59. The van der Waals surface area contributed by atoms with Crippen molar-refractivity contribution < 1.29 is 52.3 Å². The molecule has 0 unspecified atom stereocenters. The minimum atomic E-state index is -0.212. The van der Waals surface area contributed by atoms with E-state index < -0.39 is 0 Å². The number of carbonyl (C=O) groups excluding carboxylic acids is 4. The van der Waals surface area contributed by atoms with Gasteiger partial charge in [0.05, 0.1) is 48.3 Å². The van der Waals surface area contributed by atoms with Crippen LogP contribution in [-0.4, -0.2) is 261 Å². The second-order valence-corrected chi connectivity index (χ2v) is 47.4. The van der Waals surface area contributed by atoms with E-state index in [1.165, 1.54) is 33.6 Å². The molecule has 10 aliphatic heterocycles. The van der Waals surface area contributed by atoms with Crippen LogP contribution in [0.5, 0.6) is 0 Å². The Labute approximate surface area is 914 Å². The van der Waals surface area contributed by atoms with Gasteiger partial charge in [-0.25, -0.2) is 19.2 Å². The number of benzene rings is 7. The van der Waals surface area contributed by atoms with E-state index >= 15 is 0 Å². The van der Waals surface area contributed by atoms with Gasteiger partial charge in [-0.15, -0.1) is 0 Å². The van der Waals surface area contributed by atoms with E-state index in [2.05, 4.69) is 275 Å². The zero-order valence-corrected chi connectivity index (χ0v) is 98.0. The molecule has 10 aliphatic rings. The fraction of sp³-hybridized carbons (Fsp3) is 0.548. The number of ether oxygens (including phenoxy) is 7. The highest BCUT2D eigenvalue weighted by molar-refractivity contribution is 8.24. The number of carbonyl (C=O) groups is 4. The second-order valence-electron chi connectivity index (χ2n) is 41.4. The van der Waals surface area contributed by atoms with Crippen molar-refractivity contribution in [1.82, 2.24) is 49.0 Å². The van der Waals surface area contributed by atoms with Gasteiger partial charge in [-0.1, -0.05) is 326 Å². The summed E-state index contributed by atoms with van der Waals surface area (Å²) >= 11 is 37.1. The van der Waals surface area contributed by atoms with Crippen molar-refractivity contribution in [3.8, 4) is 0 Å². The molecule has 21 nitrogen and oxygen atoms in total. The molecule has 4 amide bonds. The quantitative estimate of drug-likeness (QED) is 0.0438. The predicted molar refractivity (Wildman–Crippen MR) is 625 cm³/mol. The predicted octanol–water partition coefficient (Wildman–Crippen LogP) is 26.9. The molecule has 0 radical (unpaired) electrons. The molecule has 7 aromatic carbocycles. The first-order chi connectivity index (χ1) is 68.9. The molecule has 0 aromatic heterocycles. The number of hydrogen-bond donors (Lipinski definition) is 0. The molecule has 11 atom stereocenters. The van der Waals surface area contributed by atoms with E-state index in [9.17, 15) is 19.2 Å². The number of cyclic esters (lactones) is 4. The third kappa shape index (κ3) is 35.5. The third-order valence-electron chi connectivity index (χ3n) is 26.4. The highest BCUT2D eigenvalue weighted by Gasteiger charge is 2.44. The smallest absolute Gasteiger partial charge is 0.411 e. The van der Waals surface area contributed by atoms with E-state index in [1.54, 1.807) is 21.6 Å². The lowest BCUT2D eigenvalue weighted by Crippen LogP contribution is -2.41. The number of nitrogens with zero attached hydrogens (tertiary/aromatic N) is 10. The number of amides is 4. The molecule has 0 aliphatic carbocycles. The van der Waals surface area contributed by atoms with Crippen LogP contribution in [0.3, 0.4) is 0 Å². The molecule has 10 fully saturated rings. The highest BCUT2D eigenvalue weighted by Crippen LogP contribution is 2.40. The Morgan fingerprint density at radius 1 is 0.255 bits per heavy atom. The van der Waals surface area contributed by atoms with Gasteiger partial charge >= 0.3 is 24.4 Å². The van der Waals surface area contributed by atoms with Gasteiger partial charge in [0.15, 0.2) is 0 Å². The summed E-state index contributed by atoms with van der Waals surface area (Å²) < 4.78 is 40.1. The van der Waals surface area contributed by atoms with Gasteiger partial charge in [0.1, 0.15) is 58.7 Å². The standard InChI is InChI=1S/2C13H17NO2.C13H17NOS.C13H17NS2.C12H15NO2.C12H15NOS.C12H15NS2.C9H17NO2.C9H17NOS.C9H17NS2/c1-9(2)14-10(3)12(16-13(14)15)11-7-5-4-6-8-11;1-10(2)14-12(9-16-13(14)15)8-11-6-4-3-5-7-11;1-10(2)14-12(9-15-13(14)16)8-11-6-4-3-5-7-11;1-10(2)14-12(9-16-13(14)15)8-11-6-4-3-5-7-11;1-9(2)13-11(8-15-12(13)14)10-6-4-3-5-7-10;1-9(2)13-11(8-14-12(13)15)10-6-4-3-5-7-10;1-9(2)13-11(8-15-12(13)14)10-6-4-3-5-7-10;1-6(2)8-5-12-9(11)10(8)7(3)4;1-6(2)8-5-11-9(12)10(8)7(3)4;1-6(2)8-5-12-9(11)10(8)7(3)4/h4-10,12H,1-3H3;3*3-7,10,12H,8-9H2,1-2H3;3*3-7,9,11H,8H2,1-2H3;3*6-8H,5H2,1-4H3/t10-,12-;3*12-;3*11-;3*8-/m0000111111/s1. The summed E-state index contributed by atoms with van der Waals surface area (Å²) in [5, 5.41) is 1.94. The summed E-state index contributed by atoms with van der Waals surface area (Å²) in [6.07, 6.45) is 2.06. The van der Waals surface area contributed by atoms with Gasteiger partial charge < -0.3 is 62.6 Å². The van der Waals surface area contributed by atoms with Gasteiger partial charge in [0.2, 0.25) is 0 Å². The van der Waals surface area contributed by atoms with E-state index in [0.29, 0.717) is 133 Å². The fourth-order valence-electron chi connectivity index (χ4n) is 19.2. The van der Waals surface area contributed by atoms with Gasteiger partial charge in [-0.05, 0) is 258 Å². The van der Waals surface area contributed by atoms with Crippen molar-refractivity contribution >= 4 is 161 Å². The van der Waals surface area contributed by atoms with Crippen molar-refractivity contribution in [3.05, 3.63) is 251 Å². The Morgan fingerprint density at radius 2 is 0.545 bits per heavy atom. The average molecular weight is 2150 g/mol. The number of thioether (sulfide) groups is 3. The van der Waals surface area contributed by atoms with E-state index in [-0.39, 0.29) is 84.9 Å². The molecule has 0 bridgehead atoms. The topological polar surface area (TPSA) is 165 Å². The summed E-state index contributed by atoms with van der Waals surface area (Å²) in [5.74, 6) is 5.17. The largest absolute Gasteiger partial charge is 0.469 e. The molecule has 10 saturated heterocycles. The van der Waals surface area contributed by atoms with Crippen molar-refractivity contribution in [2.24, 2.45) is 17.8 Å². The Morgan fingerprint density at radius 3 is 0.945 bits per heavy atom. The lowest BCUT2D eigenvalue weighted by molar-refractivity contribution is 0.128. The summed E-state index contributed by atoms with van der Waals surface area (Å²) in [6.45, 7) is 61.1. The molecule has 0 saturated carbocycles. The number of hydrogen-bond acceptors (Lipinski definition) is 20. The van der Waals surface area contributed by atoms with Gasteiger partial charge in [0, 0.05) is 89.8 Å². The van der Waals surface area contributed by atoms with E-state index in [1.807, 2.05) is 187 Å². The summed E-state index contributed by atoms with van der Waals surface area (Å²) in [7, 11) is 0. The maximum atomic E-state index is 11.7. The van der Waals surface area contributed by atoms with Crippen LogP contribution in [0, 0.1) is 17.8 Å². The maximum absolute atomic E-state index is 11.7. The Kier molecular flexibility index (Phi) is 50.6. The molecular formula is C115H164N10O11S9. The average Bonchev–Trinajstić information content (AvgIpc) is 1.66. The van der Waals surface area contributed by atoms with Gasteiger partial charge in [0.25, 0.3) is 15.5 Å². The summed E-state index contributed by atoms with van der Waals surface area (Å²) in [4.78, 5) is 66.9. The van der Waals surface area contributed by atoms with Crippen molar-refractivity contribution in [2.45, 2.75) is 333 Å². The first kappa shape index (κ1) is 122. The lowest BCUT2D eigenvalue weighted by atomic mass is 10.0. The van der Waals surface area contributed by atoms with Crippen LogP contribution < -0.4 is 0 Å². The normalized spacial score (nSPS) is 22.1. The first-order valence-corrected chi connectivity index (χ1v) is 57.1. The van der Waals surface area contributed by atoms with Crippen LogP contribution in [0.4, 0.5) is 19.2 Å².